The van der Waals surface area contributed by atoms with E-state index in [1.54, 1.807) is 11.3 Å². The predicted molar refractivity (Wildman–Crippen MR) is 117 cm³/mol. The Bertz CT molecular complexity index is 795. The van der Waals surface area contributed by atoms with Crippen LogP contribution in [0, 0.1) is 13.8 Å². The molecule has 0 saturated carbocycles. The zero-order chi connectivity index (χ0) is 20.0. The van der Waals surface area contributed by atoms with Crippen LogP contribution in [0.1, 0.15) is 41.6 Å². The Hall–Kier alpha value is -1.92. The van der Waals surface area contributed by atoms with E-state index in [-0.39, 0.29) is 5.41 Å². The van der Waals surface area contributed by atoms with Crippen molar-refractivity contribution in [2.45, 2.75) is 45.6 Å². The fraction of sp³-hybridized carbons (Fsp3) is 0.545. The molecule has 2 heterocycles. The molecule has 1 fully saturated rings. The first-order valence-electron chi connectivity index (χ1n) is 10.1. The number of aryl methyl sites for hydroxylation is 2. The van der Waals surface area contributed by atoms with E-state index in [0.717, 1.165) is 62.4 Å². The fourth-order valence-electron chi connectivity index (χ4n) is 3.94. The molecule has 0 bridgehead atoms. The van der Waals surface area contributed by atoms with Gasteiger partial charge in [0, 0.05) is 37.6 Å². The Morgan fingerprint density at radius 3 is 2.68 bits per heavy atom. The minimum atomic E-state index is 0.0440. The average molecular weight is 401 g/mol. The molecule has 0 atom stereocenters. The Morgan fingerprint density at radius 2 is 2.04 bits per heavy atom. The Labute approximate surface area is 172 Å². The number of guanidine groups is 1. The maximum Gasteiger partial charge on any atom is 0.194 e. The van der Waals surface area contributed by atoms with E-state index in [1.165, 1.54) is 11.1 Å². The third kappa shape index (κ3) is 4.92. The van der Waals surface area contributed by atoms with E-state index in [2.05, 4.69) is 65.7 Å². The lowest BCUT2D eigenvalue weighted by Gasteiger charge is -2.38. The average Bonchev–Trinajstić information content (AvgIpc) is 3.10. The van der Waals surface area contributed by atoms with E-state index in [1.807, 2.05) is 6.92 Å². The number of rotatable bonds is 6. The van der Waals surface area contributed by atoms with Crippen molar-refractivity contribution >= 4 is 17.3 Å². The minimum absolute atomic E-state index is 0.0440. The largest absolute Gasteiger partial charge is 0.381 e. The molecule has 28 heavy (non-hydrogen) atoms. The summed E-state index contributed by atoms with van der Waals surface area (Å²) in [6, 6.07) is 8.73. The Balaban J connectivity index is 1.83. The molecule has 1 aromatic carbocycles. The summed E-state index contributed by atoms with van der Waals surface area (Å²) in [5.74, 6) is 0.938. The zero-order valence-electron chi connectivity index (χ0n) is 17.5. The molecule has 0 aliphatic carbocycles. The lowest BCUT2D eigenvalue weighted by molar-refractivity contribution is 0.0528. The van der Waals surface area contributed by atoms with E-state index in [4.69, 9.17) is 9.73 Å². The molecule has 1 N–H and O–H groups in total. The van der Waals surface area contributed by atoms with Crippen molar-refractivity contribution in [2.24, 2.45) is 4.99 Å². The SMILES string of the molecule is CCNC(=NCC1(c2ccccc2C)CCOCC1)N(C)Cc1csc(C)n1. The standard InChI is InChI=1S/C22H32N4OS/c1-5-23-21(26(4)14-19-15-28-18(3)25-19)24-16-22(10-12-27-13-11-22)20-9-7-6-8-17(20)2/h6-9,15H,5,10-14,16H2,1-4H3,(H,23,24). The summed E-state index contributed by atoms with van der Waals surface area (Å²) < 4.78 is 5.69. The van der Waals surface area contributed by atoms with Crippen LogP contribution in [0.5, 0.6) is 0 Å². The molecule has 0 radical (unpaired) electrons. The summed E-state index contributed by atoms with van der Waals surface area (Å²) in [5.41, 5.74) is 3.89. The molecule has 5 nitrogen and oxygen atoms in total. The normalized spacial score (nSPS) is 16.8. The number of benzene rings is 1. The predicted octanol–water partition coefficient (Wildman–Crippen LogP) is 3.91. The second-order valence-corrected chi connectivity index (χ2v) is 8.65. The Morgan fingerprint density at radius 1 is 1.29 bits per heavy atom. The van der Waals surface area contributed by atoms with Crippen LogP contribution >= 0.6 is 11.3 Å². The van der Waals surface area contributed by atoms with Crippen LogP contribution in [0.15, 0.2) is 34.6 Å². The topological polar surface area (TPSA) is 49.8 Å². The van der Waals surface area contributed by atoms with Gasteiger partial charge in [0.1, 0.15) is 0 Å². The molecule has 0 amide bonds. The molecule has 2 aromatic rings. The van der Waals surface area contributed by atoms with Crippen LogP contribution in [-0.2, 0) is 16.7 Å². The van der Waals surface area contributed by atoms with Gasteiger partial charge < -0.3 is 15.0 Å². The van der Waals surface area contributed by atoms with E-state index >= 15 is 0 Å². The van der Waals surface area contributed by atoms with Crippen LogP contribution < -0.4 is 5.32 Å². The van der Waals surface area contributed by atoms with Gasteiger partial charge in [-0.25, -0.2) is 4.98 Å². The summed E-state index contributed by atoms with van der Waals surface area (Å²) in [5, 5.41) is 6.68. The molecule has 0 spiro atoms. The van der Waals surface area contributed by atoms with E-state index in [0.29, 0.717) is 0 Å². The number of nitrogens with zero attached hydrogens (tertiary/aromatic N) is 3. The van der Waals surface area contributed by atoms with Gasteiger partial charge in [-0.15, -0.1) is 11.3 Å². The highest BCUT2D eigenvalue weighted by molar-refractivity contribution is 7.09. The summed E-state index contributed by atoms with van der Waals surface area (Å²) in [7, 11) is 2.08. The van der Waals surface area contributed by atoms with Crippen molar-refractivity contribution in [3.63, 3.8) is 0 Å². The van der Waals surface area contributed by atoms with Gasteiger partial charge in [-0.1, -0.05) is 24.3 Å². The van der Waals surface area contributed by atoms with Crippen LogP contribution in [0.4, 0.5) is 0 Å². The van der Waals surface area contributed by atoms with Gasteiger partial charge >= 0.3 is 0 Å². The first kappa shape index (κ1) is 20.8. The third-order valence-electron chi connectivity index (χ3n) is 5.46. The number of hydrogen-bond donors (Lipinski definition) is 1. The quantitative estimate of drug-likeness (QED) is 0.590. The van der Waals surface area contributed by atoms with Gasteiger partial charge in [-0.3, -0.25) is 4.99 Å². The second-order valence-electron chi connectivity index (χ2n) is 7.59. The van der Waals surface area contributed by atoms with Crippen molar-refractivity contribution in [1.82, 2.24) is 15.2 Å². The number of hydrogen-bond acceptors (Lipinski definition) is 4. The molecule has 1 aliphatic heterocycles. The Kier molecular flexibility index (Phi) is 7.08. The van der Waals surface area contributed by atoms with Gasteiger partial charge in [0.15, 0.2) is 5.96 Å². The smallest absolute Gasteiger partial charge is 0.194 e. The number of aromatic nitrogens is 1. The van der Waals surface area contributed by atoms with Gasteiger partial charge in [0.25, 0.3) is 0 Å². The van der Waals surface area contributed by atoms with E-state index in [9.17, 15) is 0 Å². The molecule has 1 saturated heterocycles. The van der Waals surface area contributed by atoms with Gasteiger partial charge in [-0.2, -0.15) is 0 Å². The van der Waals surface area contributed by atoms with Crippen molar-refractivity contribution in [2.75, 3.05) is 33.4 Å². The summed E-state index contributed by atoms with van der Waals surface area (Å²) in [4.78, 5) is 11.8. The highest BCUT2D eigenvalue weighted by Crippen LogP contribution is 2.37. The first-order chi connectivity index (χ1) is 13.5. The van der Waals surface area contributed by atoms with Crippen LogP contribution in [0.25, 0.3) is 0 Å². The van der Waals surface area contributed by atoms with Crippen molar-refractivity contribution in [3.05, 3.63) is 51.5 Å². The number of ether oxygens (including phenoxy) is 1. The summed E-state index contributed by atoms with van der Waals surface area (Å²) in [6.07, 6.45) is 2.02. The fourth-order valence-corrected chi connectivity index (χ4v) is 4.54. The van der Waals surface area contributed by atoms with Crippen molar-refractivity contribution < 1.29 is 4.74 Å². The summed E-state index contributed by atoms with van der Waals surface area (Å²) in [6.45, 7) is 10.3. The minimum Gasteiger partial charge on any atom is -0.381 e. The molecule has 0 unspecified atom stereocenters. The van der Waals surface area contributed by atoms with Crippen LogP contribution in [0.2, 0.25) is 0 Å². The molecule has 152 valence electrons. The highest BCUT2D eigenvalue weighted by Gasteiger charge is 2.35. The third-order valence-corrected chi connectivity index (χ3v) is 6.28. The summed E-state index contributed by atoms with van der Waals surface area (Å²) >= 11 is 1.69. The van der Waals surface area contributed by atoms with Crippen LogP contribution in [0.3, 0.4) is 0 Å². The molecule has 1 aliphatic rings. The van der Waals surface area contributed by atoms with Gasteiger partial charge in [-0.05, 0) is 44.7 Å². The second kappa shape index (κ2) is 9.52. The van der Waals surface area contributed by atoms with Gasteiger partial charge in [0.2, 0.25) is 0 Å². The molecule has 1 aromatic heterocycles. The molecular formula is C22H32N4OS. The highest BCUT2D eigenvalue weighted by atomic mass is 32.1. The molecular weight excluding hydrogens is 368 g/mol. The van der Waals surface area contributed by atoms with Crippen molar-refractivity contribution in [3.8, 4) is 0 Å². The van der Waals surface area contributed by atoms with Crippen LogP contribution in [-0.4, -0.2) is 49.2 Å². The maximum atomic E-state index is 5.69. The lowest BCUT2D eigenvalue weighted by atomic mass is 9.72. The first-order valence-corrected chi connectivity index (χ1v) is 11.0. The maximum absolute atomic E-state index is 5.69. The van der Waals surface area contributed by atoms with Gasteiger partial charge in [0.05, 0.1) is 23.8 Å². The number of nitrogens with one attached hydrogen (secondary N) is 1. The monoisotopic (exact) mass is 400 g/mol. The number of aliphatic imine (C=N–C) groups is 1. The molecule has 3 rings (SSSR count). The molecule has 6 heteroatoms. The zero-order valence-corrected chi connectivity index (χ0v) is 18.3. The van der Waals surface area contributed by atoms with E-state index < -0.39 is 0 Å². The lowest BCUT2D eigenvalue weighted by Crippen LogP contribution is -2.42. The number of thiazole rings is 1. The van der Waals surface area contributed by atoms with Crippen molar-refractivity contribution in [1.29, 1.82) is 0 Å².